The van der Waals surface area contributed by atoms with Gasteiger partial charge in [-0.1, -0.05) is 0 Å². The highest BCUT2D eigenvalue weighted by molar-refractivity contribution is 9.10. The van der Waals surface area contributed by atoms with Gasteiger partial charge in [-0.2, -0.15) is 0 Å². The van der Waals surface area contributed by atoms with Crippen LogP contribution in [0.25, 0.3) is 11.3 Å². The number of nitrogens with zero attached hydrogens (tertiary/aromatic N) is 3. The van der Waals surface area contributed by atoms with Gasteiger partial charge in [0, 0.05) is 23.7 Å². The molecular formula is C13H12BrN3O. The Morgan fingerprint density at radius 3 is 2.83 bits per heavy atom. The molecule has 4 nitrogen and oxygen atoms in total. The molecule has 0 radical (unpaired) electrons. The van der Waals surface area contributed by atoms with Crippen LogP contribution in [0.3, 0.4) is 0 Å². The van der Waals surface area contributed by atoms with Crippen molar-refractivity contribution < 1.29 is 4.74 Å². The van der Waals surface area contributed by atoms with Crippen molar-refractivity contribution in [3.63, 3.8) is 0 Å². The van der Waals surface area contributed by atoms with Gasteiger partial charge in [0.2, 0.25) is 5.88 Å². The first-order chi connectivity index (χ1) is 8.76. The lowest BCUT2D eigenvalue weighted by Gasteiger charge is -2.06. The Morgan fingerprint density at radius 2 is 2.11 bits per heavy atom. The summed E-state index contributed by atoms with van der Waals surface area (Å²) < 4.78 is 5.95. The Balaban J connectivity index is 2.04. The van der Waals surface area contributed by atoms with Crippen LogP contribution in [-0.2, 0) is 0 Å². The second-order valence-corrected chi connectivity index (χ2v) is 5.11. The highest BCUT2D eigenvalue weighted by Gasteiger charge is 2.27. The summed E-state index contributed by atoms with van der Waals surface area (Å²) in [5.74, 6) is 2.05. The van der Waals surface area contributed by atoms with Gasteiger partial charge in [-0.05, 0) is 40.9 Å². The lowest BCUT2D eigenvalue weighted by atomic mass is 10.2. The third kappa shape index (κ3) is 2.36. The Kier molecular flexibility index (Phi) is 2.99. The predicted octanol–water partition coefficient (Wildman–Crippen LogP) is 3.19. The molecule has 18 heavy (non-hydrogen) atoms. The van der Waals surface area contributed by atoms with Crippen LogP contribution in [0.15, 0.2) is 29.0 Å². The molecule has 0 aliphatic heterocycles. The molecule has 0 N–H and O–H groups in total. The molecule has 0 saturated heterocycles. The summed E-state index contributed by atoms with van der Waals surface area (Å²) >= 11 is 3.44. The third-order valence-electron chi connectivity index (χ3n) is 2.89. The SMILES string of the molecule is COc1cc(-c2cc(Br)nc(C3CC3)n2)ccn1. The van der Waals surface area contributed by atoms with Crippen molar-refractivity contribution in [3.05, 3.63) is 34.8 Å². The number of aromatic nitrogens is 3. The molecule has 0 atom stereocenters. The zero-order valence-corrected chi connectivity index (χ0v) is 11.5. The van der Waals surface area contributed by atoms with E-state index in [-0.39, 0.29) is 0 Å². The molecule has 1 aliphatic carbocycles. The van der Waals surface area contributed by atoms with E-state index in [1.807, 2.05) is 18.2 Å². The van der Waals surface area contributed by atoms with Gasteiger partial charge < -0.3 is 4.74 Å². The van der Waals surface area contributed by atoms with Crippen LogP contribution in [0.1, 0.15) is 24.6 Å². The standard InChI is InChI=1S/C13H12BrN3O/c1-18-12-6-9(4-5-15-12)10-7-11(14)17-13(16-10)8-2-3-8/h4-8H,2-3H2,1H3. The monoisotopic (exact) mass is 305 g/mol. The highest BCUT2D eigenvalue weighted by atomic mass is 79.9. The Labute approximate surface area is 114 Å². The van der Waals surface area contributed by atoms with Crippen LogP contribution < -0.4 is 4.74 Å². The minimum absolute atomic E-state index is 0.532. The first-order valence-corrected chi connectivity index (χ1v) is 6.60. The number of rotatable bonds is 3. The van der Waals surface area contributed by atoms with E-state index in [0.29, 0.717) is 11.8 Å². The Bertz CT molecular complexity index is 584. The third-order valence-corrected chi connectivity index (χ3v) is 3.30. The van der Waals surface area contributed by atoms with Crippen molar-refractivity contribution in [3.8, 4) is 17.1 Å². The van der Waals surface area contributed by atoms with Gasteiger partial charge in [0.1, 0.15) is 10.4 Å². The average molecular weight is 306 g/mol. The highest BCUT2D eigenvalue weighted by Crippen LogP contribution is 2.39. The molecule has 1 saturated carbocycles. The molecule has 2 aromatic heterocycles. The van der Waals surface area contributed by atoms with Crippen molar-refractivity contribution in [1.29, 1.82) is 0 Å². The number of hydrogen-bond donors (Lipinski definition) is 0. The normalized spacial score (nSPS) is 14.6. The van der Waals surface area contributed by atoms with Crippen LogP contribution in [-0.4, -0.2) is 22.1 Å². The van der Waals surface area contributed by atoms with Gasteiger partial charge in [-0.3, -0.25) is 0 Å². The fraction of sp³-hybridized carbons (Fsp3) is 0.308. The first kappa shape index (κ1) is 11.6. The van der Waals surface area contributed by atoms with E-state index in [1.54, 1.807) is 13.3 Å². The maximum absolute atomic E-state index is 5.13. The van der Waals surface area contributed by atoms with E-state index in [9.17, 15) is 0 Å². The van der Waals surface area contributed by atoms with E-state index in [1.165, 1.54) is 12.8 Å². The Morgan fingerprint density at radius 1 is 1.28 bits per heavy atom. The summed E-state index contributed by atoms with van der Waals surface area (Å²) in [5.41, 5.74) is 1.89. The molecule has 1 fully saturated rings. The molecule has 92 valence electrons. The zero-order chi connectivity index (χ0) is 12.5. The van der Waals surface area contributed by atoms with Gasteiger partial charge >= 0.3 is 0 Å². The fourth-order valence-corrected chi connectivity index (χ4v) is 2.19. The van der Waals surface area contributed by atoms with E-state index in [4.69, 9.17) is 4.74 Å². The second-order valence-electron chi connectivity index (χ2n) is 4.30. The molecular weight excluding hydrogens is 294 g/mol. The van der Waals surface area contributed by atoms with Gasteiger partial charge in [-0.25, -0.2) is 15.0 Å². The molecule has 2 aromatic rings. The molecule has 5 heteroatoms. The summed E-state index contributed by atoms with van der Waals surface area (Å²) in [5, 5.41) is 0. The van der Waals surface area contributed by atoms with Crippen LogP contribution in [0.5, 0.6) is 5.88 Å². The number of pyridine rings is 1. The van der Waals surface area contributed by atoms with E-state index >= 15 is 0 Å². The lowest BCUT2D eigenvalue weighted by Crippen LogP contribution is -1.96. The zero-order valence-electron chi connectivity index (χ0n) is 9.93. The Hall–Kier alpha value is -1.49. The fourth-order valence-electron chi connectivity index (χ4n) is 1.79. The molecule has 2 heterocycles. The van der Waals surface area contributed by atoms with Gasteiger partial charge in [0.15, 0.2) is 0 Å². The molecule has 0 spiro atoms. The summed E-state index contributed by atoms with van der Waals surface area (Å²) in [6.07, 6.45) is 4.10. The van der Waals surface area contributed by atoms with Gasteiger partial charge in [-0.15, -0.1) is 0 Å². The maximum Gasteiger partial charge on any atom is 0.213 e. The van der Waals surface area contributed by atoms with Crippen molar-refractivity contribution in [2.24, 2.45) is 0 Å². The topological polar surface area (TPSA) is 47.9 Å². The molecule has 1 aliphatic rings. The van der Waals surface area contributed by atoms with Crippen molar-refractivity contribution in [2.75, 3.05) is 7.11 Å². The van der Waals surface area contributed by atoms with Crippen LogP contribution >= 0.6 is 15.9 Å². The summed E-state index contributed by atoms with van der Waals surface area (Å²) in [6.45, 7) is 0. The van der Waals surface area contributed by atoms with Gasteiger partial charge in [0.25, 0.3) is 0 Å². The van der Waals surface area contributed by atoms with E-state index < -0.39 is 0 Å². The second kappa shape index (κ2) is 4.65. The van der Waals surface area contributed by atoms with Crippen molar-refractivity contribution in [1.82, 2.24) is 15.0 Å². The number of halogens is 1. The predicted molar refractivity (Wildman–Crippen MR) is 71.5 cm³/mol. The lowest BCUT2D eigenvalue weighted by molar-refractivity contribution is 0.398. The summed E-state index contributed by atoms with van der Waals surface area (Å²) in [7, 11) is 1.61. The molecule has 0 aromatic carbocycles. The largest absolute Gasteiger partial charge is 0.481 e. The average Bonchev–Trinajstić information content (AvgIpc) is 3.22. The van der Waals surface area contributed by atoms with Crippen LogP contribution in [0, 0.1) is 0 Å². The number of ether oxygens (including phenoxy) is 1. The minimum atomic E-state index is 0.532. The van der Waals surface area contributed by atoms with Crippen molar-refractivity contribution in [2.45, 2.75) is 18.8 Å². The molecule has 0 amide bonds. The molecule has 0 bridgehead atoms. The smallest absolute Gasteiger partial charge is 0.213 e. The maximum atomic E-state index is 5.13. The summed E-state index contributed by atoms with van der Waals surface area (Å²) in [6, 6.07) is 5.72. The first-order valence-electron chi connectivity index (χ1n) is 5.81. The van der Waals surface area contributed by atoms with E-state index in [2.05, 4.69) is 30.9 Å². The van der Waals surface area contributed by atoms with Crippen molar-refractivity contribution >= 4 is 15.9 Å². The number of methoxy groups -OCH3 is 1. The summed E-state index contributed by atoms with van der Waals surface area (Å²) in [4.78, 5) is 13.1. The quantitative estimate of drug-likeness (QED) is 0.817. The van der Waals surface area contributed by atoms with E-state index in [0.717, 1.165) is 21.7 Å². The van der Waals surface area contributed by atoms with Crippen LogP contribution in [0.4, 0.5) is 0 Å². The molecule has 0 unspecified atom stereocenters. The molecule has 3 rings (SSSR count). The van der Waals surface area contributed by atoms with Gasteiger partial charge in [0.05, 0.1) is 12.8 Å². The van der Waals surface area contributed by atoms with Crippen LogP contribution in [0.2, 0.25) is 0 Å². The number of hydrogen-bond acceptors (Lipinski definition) is 4. The minimum Gasteiger partial charge on any atom is -0.481 e.